The molecular formula is C20H24N4O3. The van der Waals surface area contributed by atoms with Crippen molar-refractivity contribution in [3.8, 4) is 11.5 Å². The molecule has 0 spiro atoms. The molecule has 1 aliphatic heterocycles. The van der Waals surface area contributed by atoms with Gasteiger partial charge in [-0.05, 0) is 43.0 Å². The molecule has 0 radical (unpaired) electrons. The molecule has 7 nitrogen and oxygen atoms in total. The third-order valence-corrected chi connectivity index (χ3v) is 5.18. The fourth-order valence-corrected chi connectivity index (χ4v) is 3.63. The first-order valence-electron chi connectivity index (χ1n) is 9.38. The zero-order valence-corrected chi connectivity index (χ0v) is 15.6. The Hall–Kier alpha value is -2.83. The first kappa shape index (κ1) is 17.6. The maximum absolute atomic E-state index is 12.5. The second kappa shape index (κ2) is 7.82. The molecule has 7 heteroatoms. The van der Waals surface area contributed by atoms with Crippen LogP contribution >= 0.6 is 0 Å². The Bertz CT molecular complexity index is 819. The number of methoxy groups -OCH3 is 1. The average Bonchev–Trinajstić information content (AvgIpc) is 3.20. The van der Waals surface area contributed by atoms with Crippen molar-refractivity contribution >= 4 is 11.7 Å². The number of para-hydroxylation sites is 2. The van der Waals surface area contributed by atoms with E-state index in [1.54, 1.807) is 13.2 Å². The van der Waals surface area contributed by atoms with Gasteiger partial charge in [0, 0.05) is 26.2 Å². The van der Waals surface area contributed by atoms with E-state index in [0.29, 0.717) is 24.6 Å². The van der Waals surface area contributed by atoms with Crippen LogP contribution in [0.4, 0.5) is 5.82 Å². The lowest BCUT2D eigenvalue weighted by Gasteiger charge is -2.35. The second-order valence-electron chi connectivity index (χ2n) is 6.84. The first-order chi connectivity index (χ1) is 13.2. The van der Waals surface area contributed by atoms with E-state index < -0.39 is 0 Å². The molecule has 0 N–H and O–H groups in total. The Kier molecular flexibility index (Phi) is 5.09. The minimum Gasteiger partial charge on any atom is -0.493 e. The maximum Gasteiger partial charge on any atom is 0.260 e. The molecule has 142 valence electrons. The van der Waals surface area contributed by atoms with E-state index in [1.165, 1.54) is 12.0 Å². The van der Waals surface area contributed by atoms with E-state index in [9.17, 15) is 4.79 Å². The van der Waals surface area contributed by atoms with Crippen LogP contribution in [-0.4, -0.2) is 60.9 Å². The summed E-state index contributed by atoms with van der Waals surface area (Å²) in [6.07, 6.45) is 3.30. The molecule has 1 saturated heterocycles. The first-order valence-corrected chi connectivity index (χ1v) is 9.38. The summed E-state index contributed by atoms with van der Waals surface area (Å²) >= 11 is 0. The standard InChI is InChI=1S/C20H24N4O3/c1-26-17-7-2-3-8-18(17)27-14-20(25)24-11-9-23(10-12-24)19-13-15-5-4-6-16(15)21-22-19/h2-3,7-8,13H,4-6,9-12,14H2,1H3. The van der Waals surface area contributed by atoms with Crippen LogP contribution in [0, 0.1) is 0 Å². The molecule has 0 bridgehead atoms. The van der Waals surface area contributed by atoms with E-state index in [-0.39, 0.29) is 12.5 Å². The summed E-state index contributed by atoms with van der Waals surface area (Å²) in [6, 6.07) is 9.51. The smallest absolute Gasteiger partial charge is 0.260 e. The molecule has 0 saturated carbocycles. The van der Waals surface area contributed by atoms with Crippen LogP contribution in [0.3, 0.4) is 0 Å². The number of hydrogen-bond acceptors (Lipinski definition) is 6. The predicted molar refractivity (Wildman–Crippen MR) is 101 cm³/mol. The van der Waals surface area contributed by atoms with Crippen LogP contribution < -0.4 is 14.4 Å². The summed E-state index contributed by atoms with van der Waals surface area (Å²) in [5.74, 6) is 2.12. The average molecular weight is 368 g/mol. The van der Waals surface area contributed by atoms with E-state index in [1.807, 2.05) is 23.1 Å². The molecule has 0 atom stereocenters. The number of rotatable bonds is 5. The Morgan fingerprint density at radius 2 is 1.85 bits per heavy atom. The number of benzene rings is 1. The summed E-state index contributed by atoms with van der Waals surface area (Å²) in [5, 5.41) is 8.74. The number of aromatic nitrogens is 2. The Morgan fingerprint density at radius 1 is 1.07 bits per heavy atom. The molecule has 1 aliphatic carbocycles. The summed E-state index contributed by atoms with van der Waals surface area (Å²) in [7, 11) is 1.59. The summed E-state index contributed by atoms with van der Waals surface area (Å²) < 4.78 is 10.9. The SMILES string of the molecule is COc1ccccc1OCC(=O)N1CCN(c2cc3c(nn2)CCC3)CC1. The largest absolute Gasteiger partial charge is 0.493 e. The van der Waals surface area contributed by atoms with Crippen LogP contribution in [0.1, 0.15) is 17.7 Å². The van der Waals surface area contributed by atoms with Crippen LogP contribution in [0.2, 0.25) is 0 Å². The number of amides is 1. The predicted octanol–water partition coefficient (Wildman–Crippen LogP) is 1.70. The van der Waals surface area contributed by atoms with Crippen molar-refractivity contribution in [2.75, 3.05) is 44.8 Å². The van der Waals surface area contributed by atoms with Crippen molar-refractivity contribution in [2.24, 2.45) is 0 Å². The van der Waals surface area contributed by atoms with Gasteiger partial charge in [-0.1, -0.05) is 12.1 Å². The summed E-state index contributed by atoms with van der Waals surface area (Å²) in [5.41, 5.74) is 2.46. The van der Waals surface area contributed by atoms with Gasteiger partial charge in [0.1, 0.15) is 0 Å². The van der Waals surface area contributed by atoms with Crippen molar-refractivity contribution in [3.63, 3.8) is 0 Å². The van der Waals surface area contributed by atoms with E-state index in [0.717, 1.165) is 37.4 Å². The van der Waals surface area contributed by atoms with Gasteiger partial charge in [0.15, 0.2) is 23.9 Å². The molecule has 4 rings (SSSR count). The van der Waals surface area contributed by atoms with Crippen molar-refractivity contribution < 1.29 is 14.3 Å². The van der Waals surface area contributed by atoms with Gasteiger partial charge in [-0.2, -0.15) is 5.10 Å². The van der Waals surface area contributed by atoms with E-state index in [4.69, 9.17) is 9.47 Å². The van der Waals surface area contributed by atoms with Crippen molar-refractivity contribution in [1.29, 1.82) is 0 Å². The highest BCUT2D eigenvalue weighted by Crippen LogP contribution is 2.26. The molecule has 2 aliphatic rings. The van der Waals surface area contributed by atoms with E-state index >= 15 is 0 Å². The van der Waals surface area contributed by atoms with Gasteiger partial charge >= 0.3 is 0 Å². The molecule has 0 unspecified atom stereocenters. The topological polar surface area (TPSA) is 67.8 Å². The minimum absolute atomic E-state index is 0.0129. The number of aryl methyl sites for hydroxylation is 2. The molecule has 1 amide bonds. The number of carbonyl (C=O) groups is 1. The normalized spacial score (nSPS) is 16.2. The number of piperazine rings is 1. The highest BCUT2D eigenvalue weighted by molar-refractivity contribution is 5.78. The van der Waals surface area contributed by atoms with Gasteiger partial charge in [-0.15, -0.1) is 5.10 Å². The van der Waals surface area contributed by atoms with Crippen LogP contribution in [-0.2, 0) is 17.6 Å². The van der Waals surface area contributed by atoms with Gasteiger partial charge in [0.2, 0.25) is 0 Å². The fraction of sp³-hybridized carbons (Fsp3) is 0.450. The highest BCUT2D eigenvalue weighted by Gasteiger charge is 2.24. The Morgan fingerprint density at radius 3 is 2.63 bits per heavy atom. The summed E-state index contributed by atoms with van der Waals surface area (Å²) in [4.78, 5) is 16.5. The van der Waals surface area contributed by atoms with Crippen LogP contribution in [0.15, 0.2) is 30.3 Å². The fourth-order valence-electron chi connectivity index (χ4n) is 3.63. The zero-order valence-electron chi connectivity index (χ0n) is 15.6. The summed E-state index contributed by atoms with van der Waals surface area (Å²) in [6.45, 7) is 2.85. The van der Waals surface area contributed by atoms with Crippen LogP contribution in [0.25, 0.3) is 0 Å². The molecular weight excluding hydrogens is 344 g/mol. The van der Waals surface area contributed by atoms with Crippen molar-refractivity contribution in [1.82, 2.24) is 15.1 Å². The lowest BCUT2D eigenvalue weighted by atomic mass is 10.2. The van der Waals surface area contributed by atoms with Gasteiger partial charge in [0.25, 0.3) is 5.91 Å². The lowest BCUT2D eigenvalue weighted by molar-refractivity contribution is -0.133. The monoisotopic (exact) mass is 368 g/mol. The molecule has 2 heterocycles. The lowest BCUT2D eigenvalue weighted by Crippen LogP contribution is -2.50. The van der Waals surface area contributed by atoms with Gasteiger partial charge in [0.05, 0.1) is 12.8 Å². The number of anilines is 1. The van der Waals surface area contributed by atoms with E-state index in [2.05, 4.69) is 21.2 Å². The quantitative estimate of drug-likeness (QED) is 0.800. The highest BCUT2D eigenvalue weighted by atomic mass is 16.5. The number of carbonyl (C=O) groups excluding carboxylic acids is 1. The third kappa shape index (κ3) is 3.82. The second-order valence-corrected chi connectivity index (χ2v) is 6.84. The molecule has 1 aromatic carbocycles. The molecule has 1 fully saturated rings. The minimum atomic E-state index is -0.0133. The molecule has 1 aromatic heterocycles. The maximum atomic E-state index is 12.5. The van der Waals surface area contributed by atoms with Crippen molar-refractivity contribution in [3.05, 3.63) is 41.6 Å². The molecule has 2 aromatic rings. The number of hydrogen-bond donors (Lipinski definition) is 0. The third-order valence-electron chi connectivity index (χ3n) is 5.18. The molecule has 27 heavy (non-hydrogen) atoms. The number of ether oxygens (including phenoxy) is 2. The van der Waals surface area contributed by atoms with Gasteiger partial charge in [-0.25, -0.2) is 0 Å². The number of nitrogens with zero attached hydrogens (tertiary/aromatic N) is 4. The van der Waals surface area contributed by atoms with Gasteiger partial charge < -0.3 is 19.3 Å². The zero-order chi connectivity index (χ0) is 18.6. The Labute approximate surface area is 158 Å². The number of fused-ring (bicyclic) bond motifs is 1. The Balaban J connectivity index is 1.30. The van der Waals surface area contributed by atoms with Crippen molar-refractivity contribution in [2.45, 2.75) is 19.3 Å². The van der Waals surface area contributed by atoms with Gasteiger partial charge in [-0.3, -0.25) is 4.79 Å². The van der Waals surface area contributed by atoms with Crippen LogP contribution in [0.5, 0.6) is 11.5 Å².